The number of nitrogens with zero attached hydrogens (tertiary/aromatic N) is 2. The molecule has 15 heteroatoms. The van der Waals surface area contributed by atoms with E-state index in [1.54, 1.807) is 0 Å². The van der Waals surface area contributed by atoms with Crippen LogP contribution in [0, 0.1) is 0 Å². The molecule has 8 nitrogen and oxygen atoms in total. The van der Waals surface area contributed by atoms with Crippen LogP contribution in [0.2, 0.25) is 0 Å². The van der Waals surface area contributed by atoms with E-state index in [1.807, 2.05) is 51.9 Å². The second-order valence-electron chi connectivity index (χ2n) is 7.78. The first kappa shape index (κ1) is 31.2. The molecule has 0 radical (unpaired) electrons. The van der Waals surface area contributed by atoms with Crippen LogP contribution in [0.3, 0.4) is 0 Å². The van der Waals surface area contributed by atoms with Crippen molar-refractivity contribution in [1.82, 2.24) is 0 Å². The van der Waals surface area contributed by atoms with Crippen molar-refractivity contribution in [1.29, 1.82) is 0 Å². The Kier molecular flexibility index (Phi) is 11.1. The van der Waals surface area contributed by atoms with Crippen LogP contribution in [-0.4, -0.2) is 44.0 Å². The summed E-state index contributed by atoms with van der Waals surface area (Å²) >= 11 is 10.0. The van der Waals surface area contributed by atoms with Gasteiger partial charge >= 0.3 is 51.4 Å². The Bertz CT molecular complexity index is 1530. The molecule has 2 aromatic carbocycles. The summed E-state index contributed by atoms with van der Waals surface area (Å²) in [7, 11) is -8.64. The van der Waals surface area contributed by atoms with Gasteiger partial charge < -0.3 is 14.0 Å². The standard InChI is InChI=1S/C21H20Br2N2O6S4.K/c22-14-3-5-18-16(11-14)24(7-1-9-34(26,27)28)20(32-18)13-21-25(8-2-10-35(29,30)31)17-12-15(23)4-6-19(17)33-21;/h3-6,11-13H,1-2,7-10H2,(H-,26,27,28,29,30,31);/q;+1/p-1. The molecule has 1 aliphatic heterocycles. The Morgan fingerprint density at radius 2 is 1.58 bits per heavy atom. The molecule has 0 spiro atoms. The molecule has 0 N–H and O–H groups in total. The summed E-state index contributed by atoms with van der Waals surface area (Å²) in [6.45, 7) is 0.684. The maximum absolute atomic E-state index is 11.1. The van der Waals surface area contributed by atoms with E-state index in [1.165, 1.54) is 23.1 Å². The smallest absolute Gasteiger partial charge is 0.748 e. The number of thioether (sulfide) groups is 1. The van der Waals surface area contributed by atoms with Gasteiger partial charge in [0.05, 0.1) is 37.0 Å². The van der Waals surface area contributed by atoms with Crippen molar-refractivity contribution in [3.63, 3.8) is 0 Å². The molecule has 0 unspecified atom stereocenters. The first-order chi connectivity index (χ1) is 16.4. The largest absolute Gasteiger partial charge is 1.00 e. The van der Waals surface area contributed by atoms with Gasteiger partial charge in [0.2, 0.25) is 5.52 Å². The molecule has 0 saturated heterocycles. The van der Waals surface area contributed by atoms with E-state index >= 15 is 0 Å². The molecule has 2 heterocycles. The molecule has 3 aromatic rings. The third-order valence-corrected chi connectivity index (χ3v) is 9.97. The minimum absolute atomic E-state index is 0. The fourth-order valence-corrected chi connectivity index (χ4v) is 7.68. The number of halogens is 2. The zero-order valence-corrected chi connectivity index (χ0v) is 28.6. The summed E-state index contributed by atoms with van der Waals surface area (Å²) in [4.78, 5) is 2.99. The third kappa shape index (κ3) is 8.32. The van der Waals surface area contributed by atoms with Crippen LogP contribution in [0.15, 0.2) is 55.3 Å². The van der Waals surface area contributed by atoms with Crippen LogP contribution in [0.5, 0.6) is 0 Å². The maximum atomic E-state index is 11.1. The van der Waals surface area contributed by atoms with E-state index in [9.17, 15) is 25.9 Å². The molecule has 1 aromatic heterocycles. The second-order valence-corrected chi connectivity index (χ2v) is 14.8. The maximum Gasteiger partial charge on any atom is 1.00 e. The van der Waals surface area contributed by atoms with Crippen molar-refractivity contribution >= 4 is 97.2 Å². The summed E-state index contributed by atoms with van der Waals surface area (Å²) < 4.78 is 71.6. The Morgan fingerprint density at radius 1 is 0.944 bits per heavy atom. The van der Waals surface area contributed by atoms with Gasteiger partial charge in [-0.1, -0.05) is 55.0 Å². The molecule has 1 aliphatic rings. The number of hydrogen-bond acceptors (Lipinski definition) is 9. The van der Waals surface area contributed by atoms with Gasteiger partial charge in [0, 0.05) is 44.4 Å². The molecule has 36 heavy (non-hydrogen) atoms. The van der Waals surface area contributed by atoms with E-state index in [0.29, 0.717) is 13.1 Å². The minimum atomic E-state index is -4.32. The van der Waals surface area contributed by atoms with Gasteiger partial charge in [-0.2, -0.15) is 4.57 Å². The van der Waals surface area contributed by atoms with Gasteiger partial charge in [-0.15, -0.1) is 0 Å². The Hall–Kier alpha value is 0.636. The van der Waals surface area contributed by atoms with Crippen molar-refractivity contribution < 1.29 is 81.9 Å². The number of anilines is 1. The number of fused-ring (bicyclic) bond motifs is 2. The summed E-state index contributed by atoms with van der Waals surface area (Å²) in [5.41, 5.74) is 1.82. The molecule has 0 bridgehead atoms. The molecular weight excluding hydrogens is 703 g/mol. The van der Waals surface area contributed by atoms with Crippen molar-refractivity contribution in [2.75, 3.05) is 23.0 Å². The predicted molar refractivity (Wildman–Crippen MR) is 143 cm³/mol. The number of aromatic nitrogens is 1. The van der Waals surface area contributed by atoms with Crippen molar-refractivity contribution in [3.8, 4) is 0 Å². The molecule has 0 amide bonds. The van der Waals surface area contributed by atoms with Gasteiger partial charge in [-0.25, -0.2) is 16.8 Å². The van der Waals surface area contributed by atoms with Crippen molar-refractivity contribution in [3.05, 3.63) is 55.4 Å². The van der Waals surface area contributed by atoms with Crippen LogP contribution in [-0.2, 0) is 26.8 Å². The number of rotatable bonds is 9. The molecule has 0 aliphatic carbocycles. The van der Waals surface area contributed by atoms with Crippen LogP contribution in [0.25, 0.3) is 16.3 Å². The first-order valence-electron chi connectivity index (χ1n) is 10.4. The molecule has 4 rings (SSSR count). The average Bonchev–Trinajstić information content (AvgIpc) is 3.24. The fourth-order valence-electron chi connectivity index (χ4n) is 3.73. The fraction of sp³-hybridized carbons (Fsp3) is 0.286. The van der Waals surface area contributed by atoms with Gasteiger partial charge in [0.25, 0.3) is 5.01 Å². The van der Waals surface area contributed by atoms with E-state index in [4.69, 9.17) is 0 Å². The first-order valence-corrected chi connectivity index (χ1v) is 16.7. The molecule has 0 fully saturated rings. The molecule has 188 valence electrons. The topological polar surface area (TPSA) is 122 Å². The second kappa shape index (κ2) is 12.9. The summed E-state index contributed by atoms with van der Waals surface area (Å²) in [6.07, 6.45) is 2.33. The van der Waals surface area contributed by atoms with E-state index < -0.39 is 31.7 Å². The molecular formula is C21H19Br2KN2O6S4. The SMILES string of the molecule is O=S(=O)([O-])CCCN1C(=Cc2sc3ccc(Br)cc3[n+]2CCCS(=O)(=O)[O-])Sc2ccc(Br)cc21.[K+]. The number of thiazole rings is 1. The van der Waals surface area contributed by atoms with Gasteiger partial charge in [0.15, 0.2) is 6.54 Å². The quantitative estimate of drug-likeness (QED) is 0.185. The summed E-state index contributed by atoms with van der Waals surface area (Å²) in [5.74, 6) is -0.906. The number of hydrogen-bond donors (Lipinski definition) is 0. The zero-order valence-electron chi connectivity index (χ0n) is 19.0. The van der Waals surface area contributed by atoms with Crippen LogP contribution in [0.1, 0.15) is 17.8 Å². The van der Waals surface area contributed by atoms with Crippen molar-refractivity contribution in [2.45, 2.75) is 24.3 Å². The Morgan fingerprint density at radius 3 is 2.28 bits per heavy atom. The van der Waals surface area contributed by atoms with Crippen LogP contribution in [0.4, 0.5) is 5.69 Å². The summed E-state index contributed by atoms with van der Waals surface area (Å²) in [5, 5.41) is 1.72. The average molecular weight is 723 g/mol. The normalized spacial score (nSPS) is 14.9. The minimum Gasteiger partial charge on any atom is -0.748 e. The Balaban J connectivity index is 0.00000361. The number of benzene rings is 2. The zero-order chi connectivity index (χ0) is 25.4. The van der Waals surface area contributed by atoms with Gasteiger partial charge in [-0.3, -0.25) is 0 Å². The van der Waals surface area contributed by atoms with E-state index in [2.05, 4.69) is 31.9 Å². The van der Waals surface area contributed by atoms with E-state index in [-0.39, 0.29) is 64.2 Å². The van der Waals surface area contributed by atoms with Crippen molar-refractivity contribution in [2.24, 2.45) is 0 Å². The van der Waals surface area contributed by atoms with Crippen LogP contribution >= 0.6 is 55.0 Å². The molecule has 0 atom stereocenters. The predicted octanol–water partition coefficient (Wildman–Crippen LogP) is 1.50. The monoisotopic (exact) mass is 720 g/mol. The van der Waals surface area contributed by atoms with E-state index in [0.717, 1.165) is 39.8 Å². The Labute approximate surface area is 277 Å². The third-order valence-electron chi connectivity index (χ3n) is 5.18. The number of aryl methyl sites for hydroxylation is 1. The van der Waals surface area contributed by atoms with Gasteiger partial charge in [-0.05, 0) is 36.8 Å². The van der Waals surface area contributed by atoms with Crippen LogP contribution < -0.4 is 60.9 Å². The molecule has 0 saturated carbocycles. The van der Waals surface area contributed by atoms with Gasteiger partial charge in [0.1, 0.15) is 4.70 Å². The summed E-state index contributed by atoms with van der Waals surface area (Å²) in [6, 6.07) is 11.7.